The number of likely N-dealkylation sites (tertiary alicyclic amines) is 1. The Balaban J connectivity index is 2.24. The van der Waals surface area contributed by atoms with E-state index in [2.05, 4.69) is 10.6 Å². The van der Waals surface area contributed by atoms with Crippen LogP contribution in [-0.4, -0.2) is 64.4 Å². The number of hydrogen-bond acceptors (Lipinski definition) is 5. The van der Waals surface area contributed by atoms with Crippen LogP contribution in [0, 0.1) is 11.8 Å². The van der Waals surface area contributed by atoms with E-state index in [0.717, 1.165) is 5.56 Å². The van der Waals surface area contributed by atoms with Gasteiger partial charge in [-0.3, -0.25) is 14.4 Å². The van der Waals surface area contributed by atoms with Gasteiger partial charge >= 0.3 is 5.97 Å². The molecule has 5 N–H and O–H groups in total. The highest BCUT2D eigenvalue weighted by atomic mass is 16.4. The Morgan fingerprint density at radius 3 is 2.31 bits per heavy atom. The molecule has 194 valence electrons. The van der Waals surface area contributed by atoms with Crippen molar-refractivity contribution < 1.29 is 24.3 Å². The van der Waals surface area contributed by atoms with Crippen LogP contribution in [0.4, 0.5) is 0 Å². The van der Waals surface area contributed by atoms with E-state index in [9.17, 15) is 24.3 Å². The summed E-state index contributed by atoms with van der Waals surface area (Å²) in [5, 5.41) is 15.1. The second kappa shape index (κ2) is 13.2. The molecule has 1 aromatic rings. The second-order valence-electron chi connectivity index (χ2n) is 9.89. The van der Waals surface area contributed by atoms with Crippen LogP contribution >= 0.6 is 0 Å². The van der Waals surface area contributed by atoms with Gasteiger partial charge in [0.1, 0.15) is 18.1 Å². The molecule has 9 nitrogen and oxygen atoms in total. The zero-order valence-corrected chi connectivity index (χ0v) is 21.2. The lowest BCUT2D eigenvalue weighted by Crippen LogP contribution is -2.59. The van der Waals surface area contributed by atoms with Crippen LogP contribution < -0.4 is 16.4 Å². The molecule has 0 aliphatic carbocycles. The first-order valence-corrected chi connectivity index (χ1v) is 12.5. The molecular weight excluding hydrogens is 448 g/mol. The average Bonchev–Trinajstić information content (AvgIpc) is 3.31. The van der Waals surface area contributed by atoms with Gasteiger partial charge in [0.15, 0.2) is 0 Å². The summed E-state index contributed by atoms with van der Waals surface area (Å²) in [6.45, 7) is 8.02. The van der Waals surface area contributed by atoms with Crippen molar-refractivity contribution in [2.75, 3.05) is 6.54 Å². The molecule has 0 radical (unpaired) electrons. The van der Waals surface area contributed by atoms with Crippen molar-refractivity contribution in [1.29, 1.82) is 0 Å². The largest absolute Gasteiger partial charge is 0.480 e. The lowest BCUT2D eigenvalue weighted by atomic mass is 9.96. The van der Waals surface area contributed by atoms with Crippen molar-refractivity contribution in [2.45, 2.75) is 84.0 Å². The Bertz CT molecular complexity index is 876. The van der Waals surface area contributed by atoms with E-state index in [4.69, 9.17) is 5.73 Å². The predicted octanol–water partition coefficient (Wildman–Crippen LogP) is 1.69. The molecule has 0 aromatic heterocycles. The quantitative estimate of drug-likeness (QED) is 0.353. The maximum Gasteiger partial charge on any atom is 0.326 e. The molecule has 1 saturated heterocycles. The first-order valence-electron chi connectivity index (χ1n) is 12.5. The van der Waals surface area contributed by atoms with Gasteiger partial charge in [0.25, 0.3) is 0 Å². The summed E-state index contributed by atoms with van der Waals surface area (Å²) in [5.41, 5.74) is 6.89. The van der Waals surface area contributed by atoms with Gasteiger partial charge in [-0.25, -0.2) is 4.79 Å². The summed E-state index contributed by atoms with van der Waals surface area (Å²) < 4.78 is 0. The fraction of sp³-hybridized carbons (Fsp3) is 0.615. The Morgan fingerprint density at radius 2 is 1.74 bits per heavy atom. The SMILES string of the molecule is CCC(C)C(NC(=O)C(Cc1ccccc1)NC(=O)C(N)CC(C)C)C(=O)N1CCCC1C(=O)O. The topological polar surface area (TPSA) is 142 Å². The summed E-state index contributed by atoms with van der Waals surface area (Å²) in [5.74, 6) is -2.38. The fourth-order valence-electron chi connectivity index (χ4n) is 4.36. The van der Waals surface area contributed by atoms with Crippen molar-refractivity contribution in [1.82, 2.24) is 15.5 Å². The fourth-order valence-corrected chi connectivity index (χ4v) is 4.36. The van der Waals surface area contributed by atoms with E-state index < -0.39 is 47.9 Å². The number of benzene rings is 1. The maximum atomic E-state index is 13.4. The lowest BCUT2D eigenvalue weighted by molar-refractivity contribution is -0.150. The molecule has 35 heavy (non-hydrogen) atoms. The Morgan fingerprint density at radius 1 is 1.09 bits per heavy atom. The third kappa shape index (κ3) is 8.06. The van der Waals surface area contributed by atoms with E-state index in [1.165, 1.54) is 4.90 Å². The molecule has 9 heteroatoms. The van der Waals surface area contributed by atoms with Crippen LogP contribution in [0.15, 0.2) is 30.3 Å². The highest BCUT2D eigenvalue weighted by Gasteiger charge is 2.40. The molecule has 0 bridgehead atoms. The van der Waals surface area contributed by atoms with Gasteiger partial charge in [0.2, 0.25) is 17.7 Å². The third-order valence-electron chi connectivity index (χ3n) is 6.58. The highest BCUT2D eigenvalue weighted by molar-refractivity contribution is 5.94. The first-order chi connectivity index (χ1) is 16.5. The predicted molar refractivity (Wildman–Crippen MR) is 133 cm³/mol. The number of hydrogen-bond donors (Lipinski definition) is 4. The third-order valence-corrected chi connectivity index (χ3v) is 6.58. The molecule has 3 amide bonds. The molecule has 0 spiro atoms. The minimum absolute atomic E-state index is 0.215. The van der Waals surface area contributed by atoms with Gasteiger partial charge in [-0.1, -0.05) is 64.4 Å². The minimum Gasteiger partial charge on any atom is -0.480 e. The van der Waals surface area contributed by atoms with Crippen LogP contribution in [0.2, 0.25) is 0 Å². The molecule has 1 heterocycles. The zero-order valence-electron chi connectivity index (χ0n) is 21.2. The molecular formula is C26H40N4O5. The summed E-state index contributed by atoms with van der Waals surface area (Å²) in [6.07, 6.45) is 2.31. The van der Waals surface area contributed by atoms with Gasteiger partial charge in [-0.15, -0.1) is 0 Å². The number of aliphatic carboxylic acids is 1. The van der Waals surface area contributed by atoms with Crippen LogP contribution in [-0.2, 0) is 25.6 Å². The second-order valence-corrected chi connectivity index (χ2v) is 9.89. The van der Waals surface area contributed by atoms with E-state index in [1.807, 2.05) is 58.0 Å². The standard InChI is InChI=1S/C26H40N4O5/c1-5-17(4)22(25(33)30-13-9-12-21(30)26(34)35)29-24(32)20(15-18-10-7-6-8-11-18)28-23(31)19(27)14-16(2)3/h6-8,10-11,16-17,19-22H,5,9,12-15,27H2,1-4H3,(H,28,31)(H,29,32)(H,34,35). The number of carbonyl (C=O) groups is 4. The number of carboxylic acids is 1. The van der Waals surface area contributed by atoms with Gasteiger partial charge < -0.3 is 26.4 Å². The number of amides is 3. The zero-order chi connectivity index (χ0) is 26.1. The maximum absolute atomic E-state index is 13.4. The molecule has 5 unspecified atom stereocenters. The Kier molecular flexibility index (Phi) is 10.7. The van der Waals surface area contributed by atoms with E-state index in [-0.39, 0.29) is 18.3 Å². The summed E-state index contributed by atoms with van der Waals surface area (Å²) >= 11 is 0. The summed E-state index contributed by atoms with van der Waals surface area (Å²) in [4.78, 5) is 52.6. The van der Waals surface area contributed by atoms with Crippen molar-refractivity contribution in [3.8, 4) is 0 Å². The Labute approximate surface area is 207 Å². The first kappa shape index (κ1) is 28.3. The van der Waals surface area contributed by atoms with Gasteiger partial charge in [0.05, 0.1) is 6.04 Å². The van der Waals surface area contributed by atoms with Gasteiger partial charge in [0, 0.05) is 13.0 Å². The van der Waals surface area contributed by atoms with E-state index in [1.54, 1.807) is 0 Å². The number of carbonyl (C=O) groups excluding carboxylic acids is 3. The summed E-state index contributed by atoms with van der Waals surface area (Å²) in [7, 11) is 0. The van der Waals surface area contributed by atoms with E-state index in [0.29, 0.717) is 32.2 Å². The number of rotatable bonds is 12. The van der Waals surface area contributed by atoms with Crippen molar-refractivity contribution in [3.63, 3.8) is 0 Å². The van der Waals surface area contributed by atoms with E-state index >= 15 is 0 Å². The van der Waals surface area contributed by atoms with Crippen LogP contribution in [0.1, 0.15) is 58.9 Å². The lowest BCUT2D eigenvalue weighted by Gasteiger charge is -2.31. The van der Waals surface area contributed by atoms with Crippen LogP contribution in [0.3, 0.4) is 0 Å². The number of nitrogens with one attached hydrogen (secondary N) is 2. The smallest absolute Gasteiger partial charge is 0.326 e. The molecule has 1 aliphatic rings. The average molecular weight is 489 g/mol. The van der Waals surface area contributed by atoms with Crippen LogP contribution in [0.25, 0.3) is 0 Å². The Hall–Kier alpha value is -2.94. The normalized spacial score (nSPS) is 19.0. The number of carboxylic acid groups (broad SMARTS) is 1. The van der Waals surface area contributed by atoms with Gasteiger partial charge in [-0.05, 0) is 36.7 Å². The monoisotopic (exact) mass is 488 g/mol. The molecule has 1 aromatic carbocycles. The number of nitrogens with two attached hydrogens (primary N) is 1. The van der Waals surface area contributed by atoms with Crippen molar-refractivity contribution in [2.24, 2.45) is 17.6 Å². The molecule has 0 saturated carbocycles. The minimum atomic E-state index is -1.04. The molecule has 2 rings (SSSR count). The summed E-state index contributed by atoms with van der Waals surface area (Å²) in [6, 6.07) is 5.81. The van der Waals surface area contributed by atoms with Crippen LogP contribution in [0.5, 0.6) is 0 Å². The van der Waals surface area contributed by atoms with Crippen molar-refractivity contribution >= 4 is 23.7 Å². The molecule has 1 aliphatic heterocycles. The molecule has 1 fully saturated rings. The van der Waals surface area contributed by atoms with Gasteiger partial charge in [-0.2, -0.15) is 0 Å². The van der Waals surface area contributed by atoms with Crippen molar-refractivity contribution in [3.05, 3.63) is 35.9 Å². The number of nitrogens with zero attached hydrogens (tertiary/aromatic N) is 1. The highest BCUT2D eigenvalue weighted by Crippen LogP contribution is 2.21. The molecule has 5 atom stereocenters.